The van der Waals surface area contributed by atoms with Gasteiger partial charge in [-0.3, -0.25) is 4.79 Å². The maximum atomic E-state index is 13.5. The first-order valence-electron chi connectivity index (χ1n) is 8.30. The summed E-state index contributed by atoms with van der Waals surface area (Å²) in [6.07, 6.45) is 0.654. The average Bonchev–Trinajstić information content (AvgIpc) is 3.15. The van der Waals surface area contributed by atoms with Crippen molar-refractivity contribution < 1.29 is 9.18 Å². The summed E-state index contributed by atoms with van der Waals surface area (Å²) in [5.41, 5.74) is 4.70. The lowest BCUT2D eigenvalue weighted by molar-refractivity contribution is -0.122. The maximum Gasteiger partial charge on any atom is 0.263 e. The molecule has 0 fully saturated rings. The van der Waals surface area contributed by atoms with Crippen molar-refractivity contribution in [1.82, 2.24) is 25.6 Å². The number of fused-ring (bicyclic) bond motifs is 1. The van der Waals surface area contributed by atoms with Crippen LogP contribution in [0, 0.1) is 5.82 Å². The van der Waals surface area contributed by atoms with Crippen molar-refractivity contribution in [2.24, 2.45) is 5.10 Å². The predicted octanol–water partition coefficient (Wildman–Crippen LogP) is 2.50. The number of hydrogen-bond donors (Lipinski definition) is 1. The predicted molar refractivity (Wildman–Crippen MR) is 99.7 cm³/mol. The van der Waals surface area contributed by atoms with Crippen LogP contribution in [0.5, 0.6) is 0 Å². The van der Waals surface area contributed by atoms with Gasteiger partial charge in [0.25, 0.3) is 5.91 Å². The number of hydrogen-bond acceptors (Lipinski definition) is 6. The number of tetrazole rings is 1. The van der Waals surface area contributed by atoms with E-state index in [1.54, 1.807) is 17.8 Å². The number of halogens is 1. The Kier molecular flexibility index (Phi) is 4.93. The quantitative estimate of drug-likeness (QED) is 0.701. The van der Waals surface area contributed by atoms with Gasteiger partial charge in [-0.2, -0.15) is 9.90 Å². The zero-order valence-corrected chi connectivity index (χ0v) is 15.0. The van der Waals surface area contributed by atoms with Crippen LogP contribution >= 0.6 is 11.8 Å². The number of rotatable bonds is 4. The van der Waals surface area contributed by atoms with Gasteiger partial charge in [0.1, 0.15) is 12.4 Å². The topological polar surface area (TPSA) is 85.1 Å². The van der Waals surface area contributed by atoms with E-state index >= 15 is 0 Å². The zero-order valence-electron chi connectivity index (χ0n) is 14.2. The van der Waals surface area contributed by atoms with Crippen LogP contribution in [-0.2, 0) is 11.3 Å². The van der Waals surface area contributed by atoms with Gasteiger partial charge < -0.3 is 0 Å². The minimum Gasteiger partial charge on any atom is -0.271 e. The number of carbonyl (C=O) groups excluding carboxylic acids is 1. The number of carbonyl (C=O) groups is 1. The summed E-state index contributed by atoms with van der Waals surface area (Å²) in [5, 5.41) is 16.2. The second-order valence-electron chi connectivity index (χ2n) is 5.84. The van der Waals surface area contributed by atoms with Crippen LogP contribution in [0.3, 0.4) is 0 Å². The number of amides is 1. The second kappa shape index (κ2) is 7.67. The molecule has 136 valence electrons. The fraction of sp³-hybridized carbons (Fsp3) is 0.167. The number of nitrogens with one attached hydrogen (secondary N) is 1. The van der Waals surface area contributed by atoms with Crippen LogP contribution in [0.4, 0.5) is 4.39 Å². The van der Waals surface area contributed by atoms with Crippen molar-refractivity contribution in [2.75, 3.05) is 5.75 Å². The highest BCUT2D eigenvalue weighted by Crippen LogP contribution is 2.30. The van der Waals surface area contributed by atoms with Gasteiger partial charge in [0.2, 0.25) is 5.82 Å². The van der Waals surface area contributed by atoms with Gasteiger partial charge in [-0.15, -0.1) is 22.0 Å². The molecule has 7 nitrogen and oxygen atoms in total. The van der Waals surface area contributed by atoms with E-state index in [1.165, 1.54) is 16.9 Å². The Morgan fingerprint density at radius 3 is 2.96 bits per heavy atom. The number of benzene rings is 2. The fourth-order valence-electron chi connectivity index (χ4n) is 2.67. The van der Waals surface area contributed by atoms with Gasteiger partial charge in [-0.1, -0.05) is 30.3 Å². The number of aromatic nitrogens is 4. The Balaban J connectivity index is 1.43. The minimum atomic E-state index is -0.379. The van der Waals surface area contributed by atoms with E-state index in [0.717, 1.165) is 21.8 Å². The summed E-state index contributed by atoms with van der Waals surface area (Å²) < 4.78 is 13.5. The third kappa shape index (κ3) is 4.03. The monoisotopic (exact) mass is 382 g/mol. The van der Waals surface area contributed by atoms with Crippen molar-refractivity contribution in [3.63, 3.8) is 0 Å². The maximum absolute atomic E-state index is 13.5. The molecule has 1 N–H and O–H groups in total. The smallest absolute Gasteiger partial charge is 0.263 e. The molecule has 0 saturated heterocycles. The average molecular weight is 382 g/mol. The number of hydrazone groups is 1. The van der Waals surface area contributed by atoms with Gasteiger partial charge in [-0.05, 0) is 23.4 Å². The molecule has 0 saturated carbocycles. The van der Waals surface area contributed by atoms with Crippen LogP contribution in [0.25, 0.3) is 11.4 Å². The molecule has 1 aromatic heterocycles. The molecular weight excluding hydrogens is 367 g/mol. The molecule has 1 aliphatic rings. The van der Waals surface area contributed by atoms with Crippen molar-refractivity contribution in [2.45, 2.75) is 17.9 Å². The van der Waals surface area contributed by atoms with Crippen LogP contribution < -0.4 is 5.43 Å². The third-order valence-electron chi connectivity index (χ3n) is 3.93. The highest BCUT2D eigenvalue weighted by atomic mass is 32.2. The van der Waals surface area contributed by atoms with E-state index in [2.05, 4.69) is 25.9 Å². The van der Waals surface area contributed by atoms with Crippen LogP contribution in [0.2, 0.25) is 0 Å². The fourth-order valence-corrected chi connectivity index (χ4v) is 3.68. The van der Waals surface area contributed by atoms with Crippen molar-refractivity contribution in [3.8, 4) is 11.4 Å². The Morgan fingerprint density at radius 1 is 1.26 bits per heavy atom. The van der Waals surface area contributed by atoms with Crippen LogP contribution in [0.1, 0.15) is 12.0 Å². The molecule has 9 heteroatoms. The summed E-state index contributed by atoms with van der Waals surface area (Å²) in [6, 6.07) is 14.0. The Morgan fingerprint density at radius 2 is 2.11 bits per heavy atom. The minimum absolute atomic E-state index is 0.110. The van der Waals surface area contributed by atoms with Gasteiger partial charge in [-0.25, -0.2) is 9.82 Å². The van der Waals surface area contributed by atoms with Gasteiger partial charge in [0, 0.05) is 28.2 Å². The molecule has 1 aliphatic heterocycles. The highest BCUT2D eigenvalue weighted by molar-refractivity contribution is 7.99. The van der Waals surface area contributed by atoms with Crippen molar-refractivity contribution in [3.05, 3.63) is 59.9 Å². The molecule has 3 aromatic rings. The molecule has 1 amide bonds. The first-order valence-corrected chi connectivity index (χ1v) is 9.29. The molecule has 0 radical (unpaired) electrons. The van der Waals surface area contributed by atoms with Gasteiger partial charge >= 0.3 is 0 Å². The molecule has 0 unspecified atom stereocenters. The normalized spacial score (nSPS) is 14.8. The van der Waals surface area contributed by atoms with E-state index < -0.39 is 0 Å². The lowest BCUT2D eigenvalue weighted by Gasteiger charge is -2.17. The Bertz CT molecular complexity index is 1000. The van der Waals surface area contributed by atoms with E-state index in [1.807, 2.05) is 30.3 Å². The summed E-state index contributed by atoms with van der Waals surface area (Å²) in [4.78, 5) is 14.3. The lowest BCUT2D eigenvalue weighted by atomic mass is 10.1. The van der Waals surface area contributed by atoms with Crippen molar-refractivity contribution in [1.29, 1.82) is 0 Å². The van der Waals surface area contributed by atoms with E-state index in [0.29, 0.717) is 18.0 Å². The SMILES string of the molecule is O=C(Cn1nnc(-c2ccccc2)n1)NN=C1CCSc2ccc(F)cc21. The molecular formula is C18H15FN6OS. The van der Waals surface area contributed by atoms with Gasteiger partial charge in [0.15, 0.2) is 0 Å². The molecule has 0 bridgehead atoms. The number of thioether (sulfide) groups is 1. The third-order valence-corrected chi connectivity index (χ3v) is 5.01. The molecule has 0 atom stereocenters. The molecule has 0 spiro atoms. The molecule has 4 rings (SSSR count). The molecule has 0 aliphatic carbocycles. The second-order valence-corrected chi connectivity index (χ2v) is 6.98. The summed E-state index contributed by atoms with van der Waals surface area (Å²) in [7, 11) is 0. The zero-order chi connectivity index (χ0) is 18.6. The lowest BCUT2D eigenvalue weighted by Crippen LogP contribution is -2.26. The molecule has 27 heavy (non-hydrogen) atoms. The first kappa shape index (κ1) is 17.3. The first-order chi connectivity index (χ1) is 13.2. The summed E-state index contributed by atoms with van der Waals surface area (Å²) in [6.45, 7) is -0.110. The summed E-state index contributed by atoms with van der Waals surface area (Å²) in [5.74, 6) is 0.577. The van der Waals surface area contributed by atoms with Crippen LogP contribution in [0.15, 0.2) is 58.5 Å². The Labute approximate surface area is 158 Å². The van der Waals surface area contributed by atoms with Gasteiger partial charge in [0.05, 0.1) is 5.71 Å². The van der Waals surface area contributed by atoms with E-state index in [9.17, 15) is 9.18 Å². The van der Waals surface area contributed by atoms with Crippen molar-refractivity contribution >= 4 is 23.4 Å². The number of nitrogens with zero attached hydrogens (tertiary/aromatic N) is 5. The standard InChI is InChI=1S/C18H15FN6OS/c19-13-6-7-16-14(10-13)15(8-9-27-16)20-21-17(26)11-25-23-18(22-24-25)12-4-2-1-3-5-12/h1-7,10H,8-9,11H2,(H,21,26). The van der Waals surface area contributed by atoms with E-state index in [-0.39, 0.29) is 18.3 Å². The van der Waals surface area contributed by atoms with E-state index in [4.69, 9.17) is 0 Å². The van der Waals surface area contributed by atoms with Crippen LogP contribution in [-0.4, -0.2) is 37.6 Å². The largest absolute Gasteiger partial charge is 0.271 e. The highest BCUT2D eigenvalue weighted by Gasteiger charge is 2.17. The molecule has 2 heterocycles. The summed E-state index contributed by atoms with van der Waals surface area (Å²) >= 11 is 1.65. The molecule has 2 aromatic carbocycles. The Hall–Kier alpha value is -3.07.